The molecule has 0 spiro atoms. The molecule has 2 N–H and O–H groups in total. The second-order valence-electron chi connectivity index (χ2n) is 4.32. The normalized spacial score (nSPS) is 10.2. The lowest BCUT2D eigenvalue weighted by atomic mass is 10.1. The zero-order valence-electron chi connectivity index (χ0n) is 10.9. The van der Waals surface area contributed by atoms with E-state index in [0.717, 1.165) is 16.9 Å². The summed E-state index contributed by atoms with van der Waals surface area (Å²) in [5.74, 6) is -0.0989. The Labute approximate surface area is 127 Å². The van der Waals surface area contributed by atoms with Crippen LogP contribution in [0.5, 0.6) is 0 Å². The van der Waals surface area contributed by atoms with Crippen LogP contribution in [-0.4, -0.2) is 5.91 Å². The Kier molecular flexibility index (Phi) is 4.88. The SMILES string of the molecule is CC(=O)Nc1ccccc1CNc1cc(Cl)ccc1Cl. The van der Waals surface area contributed by atoms with Crippen LogP contribution in [0.25, 0.3) is 0 Å². The van der Waals surface area contributed by atoms with Crippen LogP contribution < -0.4 is 10.6 Å². The van der Waals surface area contributed by atoms with E-state index < -0.39 is 0 Å². The van der Waals surface area contributed by atoms with Crippen molar-refractivity contribution in [2.75, 3.05) is 10.6 Å². The van der Waals surface area contributed by atoms with Crippen LogP contribution in [0.3, 0.4) is 0 Å². The third-order valence-electron chi connectivity index (χ3n) is 2.73. The molecule has 2 aromatic rings. The molecule has 0 saturated heterocycles. The molecule has 0 fully saturated rings. The molecule has 3 nitrogen and oxygen atoms in total. The molecule has 5 heteroatoms. The standard InChI is InChI=1S/C15H14Cl2N2O/c1-10(20)19-14-5-3-2-4-11(14)9-18-15-8-12(16)6-7-13(15)17/h2-8,18H,9H2,1H3,(H,19,20). The molecular formula is C15H14Cl2N2O. The maximum atomic E-state index is 11.2. The van der Waals surface area contributed by atoms with Crippen LogP contribution in [0.4, 0.5) is 11.4 Å². The van der Waals surface area contributed by atoms with Crippen LogP contribution in [0.2, 0.25) is 10.0 Å². The molecule has 0 saturated carbocycles. The number of hydrogen-bond donors (Lipinski definition) is 2. The largest absolute Gasteiger partial charge is 0.380 e. The Morgan fingerprint density at radius 2 is 1.85 bits per heavy atom. The maximum Gasteiger partial charge on any atom is 0.221 e. The number of halogens is 2. The molecule has 0 aliphatic rings. The molecule has 0 bridgehead atoms. The van der Waals surface area contributed by atoms with Crippen molar-refractivity contribution in [2.45, 2.75) is 13.5 Å². The van der Waals surface area contributed by atoms with Gasteiger partial charge in [-0.25, -0.2) is 0 Å². The van der Waals surface area contributed by atoms with Gasteiger partial charge in [-0.05, 0) is 29.8 Å². The lowest BCUT2D eigenvalue weighted by Crippen LogP contribution is -2.10. The lowest BCUT2D eigenvalue weighted by molar-refractivity contribution is -0.114. The number of carbonyl (C=O) groups excluding carboxylic acids is 1. The fraction of sp³-hybridized carbons (Fsp3) is 0.133. The van der Waals surface area contributed by atoms with Gasteiger partial charge in [-0.1, -0.05) is 41.4 Å². The molecule has 0 aromatic heterocycles. The fourth-order valence-corrected chi connectivity index (χ4v) is 2.17. The first kappa shape index (κ1) is 14.7. The van der Waals surface area contributed by atoms with Gasteiger partial charge in [-0.15, -0.1) is 0 Å². The third kappa shape index (κ3) is 3.89. The van der Waals surface area contributed by atoms with Crippen molar-refractivity contribution in [3.8, 4) is 0 Å². The molecule has 104 valence electrons. The summed E-state index contributed by atoms with van der Waals surface area (Å²) in [7, 11) is 0. The first-order valence-corrected chi connectivity index (χ1v) is 6.86. The predicted octanol–water partition coefficient (Wildman–Crippen LogP) is 4.56. The van der Waals surface area contributed by atoms with E-state index in [-0.39, 0.29) is 5.91 Å². The molecule has 0 unspecified atom stereocenters. The highest BCUT2D eigenvalue weighted by molar-refractivity contribution is 6.35. The summed E-state index contributed by atoms with van der Waals surface area (Å²) in [6.07, 6.45) is 0. The molecular weight excluding hydrogens is 295 g/mol. The Balaban J connectivity index is 2.14. The number of carbonyl (C=O) groups is 1. The summed E-state index contributed by atoms with van der Waals surface area (Å²) >= 11 is 12.0. The Bertz CT molecular complexity index is 629. The smallest absolute Gasteiger partial charge is 0.221 e. The van der Waals surface area contributed by atoms with E-state index in [4.69, 9.17) is 23.2 Å². The Morgan fingerprint density at radius 1 is 1.10 bits per heavy atom. The van der Waals surface area contributed by atoms with Gasteiger partial charge >= 0.3 is 0 Å². The van der Waals surface area contributed by atoms with Gasteiger partial charge in [0.2, 0.25) is 5.91 Å². The summed E-state index contributed by atoms with van der Waals surface area (Å²) in [6, 6.07) is 12.8. The van der Waals surface area contributed by atoms with Gasteiger partial charge in [-0.2, -0.15) is 0 Å². The summed E-state index contributed by atoms with van der Waals surface area (Å²) in [6.45, 7) is 2.02. The monoisotopic (exact) mass is 308 g/mol. The molecule has 0 aliphatic carbocycles. The number of nitrogens with one attached hydrogen (secondary N) is 2. The van der Waals surface area contributed by atoms with Crippen LogP contribution in [0, 0.1) is 0 Å². The second-order valence-corrected chi connectivity index (χ2v) is 5.16. The Morgan fingerprint density at radius 3 is 2.60 bits per heavy atom. The van der Waals surface area contributed by atoms with E-state index in [9.17, 15) is 4.79 Å². The second kappa shape index (κ2) is 6.64. The zero-order valence-corrected chi connectivity index (χ0v) is 12.4. The van der Waals surface area contributed by atoms with E-state index >= 15 is 0 Å². The van der Waals surface area contributed by atoms with Crippen molar-refractivity contribution in [3.63, 3.8) is 0 Å². The topological polar surface area (TPSA) is 41.1 Å². The average molecular weight is 309 g/mol. The third-order valence-corrected chi connectivity index (χ3v) is 3.29. The average Bonchev–Trinajstić information content (AvgIpc) is 2.41. The fourth-order valence-electron chi connectivity index (χ4n) is 1.81. The first-order chi connectivity index (χ1) is 9.56. The predicted molar refractivity (Wildman–Crippen MR) is 84.5 cm³/mol. The maximum absolute atomic E-state index is 11.2. The van der Waals surface area contributed by atoms with Gasteiger partial charge in [0.1, 0.15) is 0 Å². The highest BCUT2D eigenvalue weighted by Gasteiger charge is 2.05. The number of hydrogen-bond acceptors (Lipinski definition) is 2. The number of benzene rings is 2. The van der Waals surface area contributed by atoms with E-state index in [1.165, 1.54) is 6.92 Å². The number of anilines is 2. The minimum absolute atomic E-state index is 0.0989. The highest BCUT2D eigenvalue weighted by atomic mass is 35.5. The van der Waals surface area contributed by atoms with Crippen LogP contribution in [-0.2, 0) is 11.3 Å². The quantitative estimate of drug-likeness (QED) is 0.869. The summed E-state index contributed by atoms with van der Waals surface area (Å²) in [5, 5.41) is 7.23. The molecule has 0 atom stereocenters. The van der Waals surface area contributed by atoms with Crippen LogP contribution >= 0.6 is 23.2 Å². The van der Waals surface area contributed by atoms with E-state index in [2.05, 4.69) is 10.6 Å². The molecule has 2 aromatic carbocycles. The van der Waals surface area contributed by atoms with Crippen molar-refractivity contribution < 1.29 is 4.79 Å². The van der Waals surface area contributed by atoms with Crippen molar-refractivity contribution in [2.24, 2.45) is 0 Å². The van der Waals surface area contributed by atoms with Gasteiger partial charge in [0, 0.05) is 24.2 Å². The number of amides is 1. The van der Waals surface area contributed by atoms with Gasteiger partial charge in [-0.3, -0.25) is 4.79 Å². The molecule has 20 heavy (non-hydrogen) atoms. The minimum Gasteiger partial charge on any atom is -0.380 e. The van der Waals surface area contributed by atoms with Gasteiger partial charge in [0.05, 0.1) is 10.7 Å². The Hall–Kier alpha value is -1.71. The molecule has 1 amide bonds. The molecule has 0 heterocycles. The summed E-state index contributed by atoms with van der Waals surface area (Å²) in [5.41, 5.74) is 2.51. The molecule has 0 aliphatic heterocycles. The van der Waals surface area contributed by atoms with Gasteiger partial charge in [0.25, 0.3) is 0 Å². The van der Waals surface area contributed by atoms with Crippen molar-refractivity contribution >= 4 is 40.5 Å². The van der Waals surface area contributed by atoms with E-state index in [0.29, 0.717) is 16.6 Å². The van der Waals surface area contributed by atoms with E-state index in [1.807, 2.05) is 24.3 Å². The highest BCUT2D eigenvalue weighted by Crippen LogP contribution is 2.26. The summed E-state index contributed by atoms with van der Waals surface area (Å²) < 4.78 is 0. The number of rotatable bonds is 4. The summed E-state index contributed by atoms with van der Waals surface area (Å²) in [4.78, 5) is 11.2. The van der Waals surface area contributed by atoms with Gasteiger partial charge in [0.15, 0.2) is 0 Å². The zero-order chi connectivity index (χ0) is 14.5. The lowest BCUT2D eigenvalue weighted by Gasteiger charge is -2.12. The molecule has 0 radical (unpaired) electrons. The van der Waals surface area contributed by atoms with Gasteiger partial charge < -0.3 is 10.6 Å². The van der Waals surface area contributed by atoms with Crippen molar-refractivity contribution in [1.29, 1.82) is 0 Å². The van der Waals surface area contributed by atoms with E-state index in [1.54, 1.807) is 18.2 Å². The van der Waals surface area contributed by atoms with Crippen molar-refractivity contribution in [3.05, 3.63) is 58.1 Å². The number of para-hydroxylation sites is 1. The van der Waals surface area contributed by atoms with Crippen LogP contribution in [0.1, 0.15) is 12.5 Å². The minimum atomic E-state index is -0.0989. The van der Waals surface area contributed by atoms with Crippen LogP contribution in [0.15, 0.2) is 42.5 Å². The van der Waals surface area contributed by atoms with Crippen molar-refractivity contribution in [1.82, 2.24) is 0 Å². The molecule has 2 rings (SSSR count). The first-order valence-electron chi connectivity index (χ1n) is 6.10.